The second-order valence-electron chi connectivity index (χ2n) is 7.69. The van der Waals surface area contributed by atoms with Crippen molar-refractivity contribution in [2.75, 3.05) is 7.11 Å². The zero-order chi connectivity index (χ0) is 20.9. The van der Waals surface area contributed by atoms with Gasteiger partial charge < -0.3 is 14.5 Å². The minimum absolute atomic E-state index is 0.0930. The number of rotatable bonds is 10. The van der Waals surface area contributed by atoms with Crippen LogP contribution in [0.4, 0.5) is 4.79 Å². The maximum absolute atomic E-state index is 12.9. The summed E-state index contributed by atoms with van der Waals surface area (Å²) in [6.07, 6.45) is 7.66. The van der Waals surface area contributed by atoms with E-state index in [-0.39, 0.29) is 18.5 Å². The van der Waals surface area contributed by atoms with Crippen LogP contribution in [-0.4, -0.2) is 34.5 Å². The smallest absolute Gasteiger partial charge is 0.325 e. The van der Waals surface area contributed by atoms with Crippen molar-refractivity contribution in [2.24, 2.45) is 0 Å². The van der Waals surface area contributed by atoms with Crippen LogP contribution < -0.4 is 10.1 Å². The van der Waals surface area contributed by atoms with E-state index in [4.69, 9.17) is 9.15 Å². The number of ether oxygens (including phenoxy) is 1. The highest BCUT2D eigenvalue weighted by atomic mass is 16.5. The number of hydrogen-bond donors (Lipinski definition) is 1. The molecule has 1 unspecified atom stereocenters. The van der Waals surface area contributed by atoms with Crippen LogP contribution >= 0.6 is 0 Å². The topological polar surface area (TPSA) is 84.7 Å². The molecule has 2 aromatic rings. The summed E-state index contributed by atoms with van der Waals surface area (Å²) in [5.41, 5.74) is 0.490. The third kappa shape index (κ3) is 4.78. The third-order valence-corrected chi connectivity index (χ3v) is 5.33. The molecular formula is C22H29N3O4. The molecule has 1 atom stereocenters. The Hall–Kier alpha value is -2.83. The number of amides is 3. The Morgan fingerprint density at radius 3 is 2.55 bits per heavy atom. The van der Waals surface area contributed by atoms with Crippen molar-refractivity contribution in [1.82, 2.24) is 15.2 Å². The molecule has 29 heavy (non-hydrogen) atoms. The summed E-state index contributed by atoms with van der Waals surface area (Å²) in [7, 11) is 1.61. The fraction of sp³-hybridized carbons (Fsp3) is 0.500. The maximum Gasteiger partial charge on any atom is 0.325 e. The van der Waals surface area contributed by atoms with Gasteiger partial charge in [-0.1, -0.05) is 39.0 Å². The Kier molecular flexibility index (Phi) is 6.56. The lowest BCUT2D eigenvalue weighted by molar-refractivity contribution is -0.131. The molecule has 1 aromatic carbocycles. The predicted octanol–water partition coefficient (Wildman–Crippen LogP) is 4.52. The summed E-state index contributed by atoms with van der Waals surface area (Å²) in [5, 5.41) is 2.86. The number of urea groups is 1. The third-order valence-electron chi connectivity index (χ3n) is 5.33. The zero-order valence-corrected chi connectivity index (χ0v) is 17.4. The molecule has 3 amide bonds. The molecule has 1 N–H and O–H groups in total. The fourth-order valence-corrected chi connectivity index (χ4v) is 3.55. The normalized spacial score (nSPS) is 18.9. The molecule has 1 fully saturated rings. The number of hydrogen-bond acceptors (Lipinski definition) is 5. The van der Waals surface area contributed by atoms with Gasteiger partial charge >= 0.3 is 6.03 Å². The van der Waals surface area contributed by atoms with Gasteiger partial charge in [0.25, 0.3) is 5.91 Å². The summed E-state index contributed by atoms with van der Waals surface area (Å²) in [4.78, 5) is 30.9. The number of carbonyl (C=O) groups excluding carboxylic acids is 2. The number of aromatic nitrogens is 1. The minimum atomic E-state index is -0.841. The predicted molar refractivity (Wildman–Crippen MR) is 109 cm³/mol. The quantitative estimate of drug-likeness (QED) is 0.469. The van der Waals surface area contributed by atoms with Crippen LogP contribution in [0, 0.1) is 0 Å². The molecule has 3 rings (SSSR count). The van der Waals surface area contributed by atoms with E-state index in [0.29, 0.717) is 18.0 Å². The number of unbranched alkanes of at least 4 members (excludes halogenated alkanes) is 4. The highest BCUT2D eigenvalue weighted by Crippen LogP contribution is 2.27. The Labute approximate surface area is 171 Å². The van der Waals surface area contributed by atoms with Gasteiger partial charge in [0.1, 0.15) is 17.6 Å². The molecule has 1 aliphatic heterocycles. The molecule has 7 nitrogen and oxygen atoms in total. The lowest BCUT2D eigenvalue weighted by Gasteiger charge is -2.21. The number of carbonyl (C=O) groups is 2. The first-order chi connectivity index (χ1) is 14.0. The number of nitrogens with zero attached hydrogens (tertiary/aromatic N) is 2. The van der Waals surface area contributed by atoms with Gasteiger partial charge in [-0.3, -0.25) is 9.69 Å². The molecule has 1 aromatic heterocycles. The standard InChI is InChI=1S/C22H29N3O4/c1-4-5-6-7-8-13-22(2)20(26)25(21(27)24-22)14-17-15-29-19(23-17)16-9-11-18(28-3)12-10-16/h9-12,15H,4-8,13-14H2,1-3H3,(H,24,27). The van der Waals surface area contributed by atoms with Gasteiger partial charge in [0.15, 0.2) is 0 Å². The van der Waals surface area contributed by atoms with E-state index in [1.54, 1.807) is 14.0 Å². The molecule has 0 spiro atoms. The molecule has 1 saturated heterocycles. The van der Waals surface area contributed by atoms with E-state index in [2.05, 4.69) is 17.2 Å². The average molecular weight is 399 g/mol. The van der Waals surface area contributed by atoms with Gasteiger partial charge in [-0.05, 0) is 37.6 Å². The van der Waals surface area contributed by atoms with Gasteiger partial charge in [-0.15, -0.1) is 0 Å². The first-order valence-corrected chi connectivity index (χ1v) is 10.2. The Balaban J connectivity index is 1.62. The summed E-state index contributed by atoms with van der Waals surface area (Å²) in [6, 6.07) is 6.96. The van der Waals surface area contributed by atoms with Crippen molar-refractivity contribution in [3.05, 3.63) is 36.2 Å². The molecular weight excluding hydrogens is 370 g/mol. The van der Waals surface area contributed by atoms with Crippen LogP contribution in [0.1, 0.15) is 58.1 Å². The number of benzene rings is 1. The maximum atomic E-state index is 12.9. The molecule has 2 heterocycles. The molecule has 0 saturated carbocycles. The van der Waals surface area contributed by atoms with Crippen molar-refractivity contribution < 1.29 is 18.7 Å². The fourth-order valence-electron chi connectivity index (χ4n) is 3.55. The van der Waals surface area contributed by atoms with Crippen molar-refractivity contribution >= 4 is 11.9 Å². The van der Waals surface area contributed by atoms with Gasteiger partial charge in [0.05, 0.1) is 19.3 Å². The minimum Gasteiger partial charge on any atom is -0.497 e. The Bertz CT molecular complexity index is 846. The monoisotopic (exact) mass is 399 g/mol. The van der Waals surface area contributed by atoms with Crippen LogP contribution in [-0.2, 0) is 11.3 Å². The van der Waals surface area contributed by atoms with E-state index in [1.807, 2.05) is 24.3 Å². The average Bonchev–Trinajstić information content (AvgIpc) is 3.27. The van der Waals surface area contributed by atoms with E-state index in [1.165, 1.54) is 24.0 Å². The summed E-state index contributed by atoms with van der Waals surface area (Å²) < 4.78 is 10.7. The van der Waals surface area contributed by atoms with E-state index in [0.717, 1.165) is 30.6 Å². The first kappa shape index (κ1) is 20.9. The SMILES string of the molecule is CCCCCCCC1(C)NC(=O)N(Cc2coc(-c3ccc(OC)cc3)n2)C1=O. The van der Waals surface area contributed by atoms with E-state index >= 15 is 0 Å². The van der Waals surface area contributed by atoms with Gasteiger partial charge in [-0.2, -0.15) is 0 Å². The first-order valence-electron chi connectivity index (χ1n) is 10.2. The highest BCUT2D eigenvalue weighted by molar-refractivity contribution is 6.06. The zero-order valence-electron chi connectivity index (χ0n) is 17.4. The molecule has 0 aliphatic carbocycles. The number of imide groups is 1. The largest absolute Gasteiger partial charge is 0.497 e. The van der Waals surface area contributed by atoms with Crippen molar-refractivity contribution in [3.8, 4) is 17.2 Å². The summed E-state index contributed by atoms with van der Waals surface area (Å²) >= 11 is 0. The van der Waals surface area contributed by atoms with Crippen molar-refractivity contribution in [3.63, 3.8) is 0 Å². The van der Waals surface area contributed by atoms with E-state index < -0.39 is 5.54 Å². The molecule has 156 valence electrons. The number of methoxy groups -OCH3 is 1. The lowest BCUT2D eigenvalue weighted by Crippen LogP contribution is -2.43. The lowest BCUT2D eigenvalue weighted by atomic mass is 9.94. The Morgan fingerprint density at radius 1 is 1.14 bits per heavy atom. The van der Waals surface area contributed by atoms with Crippen molar-refractivity contribution in [2.45, 2.75) is 64.5 Å². The Morgan fingerprint density at radius 2 is 1.86 bits per heavy atom. The van der Waals surface area contributed by atoms with Gasteiger partial charge in [0, 0.05) is 5.56 Å². The molecule has 0 radical (unpaired) electrons. The van der Waals surface area contributed by atoms with E-state index in [9.17, 15) is 9.59 Å². The van der Waals surface area contributed by atoms with Gasteiger partial charge in [0.2, 0.25) is 5.89 Å². The van der Waals surface area contributed by atoms with Crippen LogP contribution in [0.25, 0.3) is 11.5 Å². The molecule has 7 heteroatoms. The van der Waals surface area contributed by atoms with Crippen LogP contribution in [0.2, 0.25) is 0 Å². The number of nitrogens with one attached hydrogen (secondary N) is 1. The molecule has 0 bridgehead atoms. The second kappa shape index (κ2) is 9.11. The summed E-state index contributed by atoms with van der Waals surface area (Å²) in [5.74, 6) is 0.981. The van der Waals surface area contributed by atoms with Crippen LogP contribution in [0.3, 0.4) is 0 Å². The van der Waals surface area contributed by atoms with Crippen molar-refractivity contribution in [1.29, 1.82) is 0 Å². The van der Waals surface area contributed by atoms with Crippen LogP contribution in [0.15, 0.2) is 34.9 Å². The summed E-state index contributed by atoms with van der Waals surface area (Å²) in [6.45, 7) is 4.07. The van der Waals surface area contributed by atoms with Gasteiger partial charge in [-0.25, -0.2) is 9.78 Å². The number of oxazole rings is 1. The highest BCUT2D eigenvalue weighted by Gasteiger charge is 2.47. The second-order valence-corrected chi connectivity index (χ2v) is 7.69. The van der Waals surface area contributed by atoms with Crippen LogP contribution in [0.5, 0.6) is 5.75 Å². The molecule has 1 aliphatic rings.